The Morgan fingerprint density at radius 2 is 1.50 bits per heavy atom. The molecule has 0 aliphatic heterocycles. The SMILES string of the molecule is CCNC(=O)[C@@H](NC(=O)[C@H](C)NC[C@H](Cc1ccccc1)NC(=O)c1cccc(C(=O)NCCc2c[nH]c3c(C)cccc23)c1)C(C)C. The van der Waals surface area contributed by atoms with Gasteiger partial charge in [0.15, 0.2) is 0 Å². The average molecular weight is 653 g/mol. The molecule has 0 unspecified atom stereocenters. The Hall–Kier alpha value is -4.96. The van der Waals surface area contributed by atoms with Crippen LogP contribution in [0.4, 0.5) is 0 Å². The van der Waals surface area contributed by atoms with Crippen LogP contribution in [0.25, 0.3) is 10.9 Å². The largest absolute Gasteiger partial charge is 0.361 e. The highest BCUT2D eigenvalue weighted by atomic mass is 16.2. The summed E-state index contributed by atoms with van der Waals surface area (Å²) in [5.41, 5.74) is 5.19. The van der Waals surface area contributed by atoms with E-state index in [0.29, 0.717) is 43.6 Å². The Kier molecular flexibility index (Phi) is 12.9. The van der Waals surface area contributed by atoms with E-state index in [4.69, 9.17) is 0 Å². The molecule has 0 aliphatic carbocycles. The number of rotatable bonds is 16. The van der Waals surface area contributed by atoms with Gasteiger partial charge in [-0.05, 0) is 74.4 Å². The number of likely N-dealkylation sites (N-methyl/N-ethyl adjacent to an activating group) is 1. The van der Waals surface area contributed by atoms with Gasteiger partial charge in [-0.2, -0.15) is 0 Å². The zero-order chi connectivity index (χ0) is 34.6. The minimum atomic E-state index is -0.649. The summed E-state index contributed by atoms with van der Waals surface area (Å²) in [5, 5.41) is 16.1. The average Bonchev–Trinajstić information content (AvgIpc) is 3.50. The Morgan fingerprint density at radius 3 is 2.21 bits per heavy atom. The maximum Gasteiger partial charge on any atom is 0.251 e. The number of fused-ring (bicyclic) bond motifs is 1. The van der Waals surface area contributed by atoms with Gasteiger partial charge in [-0.3, -0.25) is 19.2 Å². The fourth-order valence-corrected chi connectivity index (χ4v) is 5.64. The maximum absolute atomic E-state index is 13.5. The standard InChI is InChI=1S/C38H48N6O4/c1-6-39-38(48)33(24(2)3)44-35(45)26(5)41-23-31(20-27-13-8-7-9-14-27)43-37(47)29-16-11-15-28(21-29)36(46)40-19-18-30-22-42-34-25(4)12-10-17-32(30)34/h7-17,21-22,24,26,31,33,41-42H,6,18-20,23H2,1-5H3,(H,39,48)(H,40,46)(H,43,47)(H,44,45)/t26-,31-,33-/m0/s1. The van der Waals surface area contributed by atoms with E-state index in [1.54, 1.807) is 31.2 Å². The highest BCUT2D eigenvalue weighted by Crippen LogP contribution is 2.21. The third-order valence-corrected chi connectivity index (χ3v) is 8.40. The molecule has 0 radical (unpaired) electrons. The number of aryl methyl sites for hydroxylation is 1. The number of aromatic nitrogens is 1. The van der Waals surface area contributed by atoms with Gasteiger partial charge in [0, 0.05) is 53.9 Å². The molecule has 48 heavy (non-hydrogen) atoms. The van der Waals surface area contributed by atoms with Crippen molar-refractivity contribution in [2.24, 2.45) is 5.92 Å². The lowest BCUT2D eigenvalue weighted by molar-refractivity contribution is -0.130. The Balaban J connectivity index is 1.37. The first kappa shape index (κ1) is 35.9. The van der Waals surface area contributed by atoms with Gasteiger partial charge < -0.3 is 31.6 Å². The molecule has 0 fully saturated rings. The number of benzene rings is 3. The maximum atomic E-state index is 13.5. The van der Waals surface area contributed by atoms with Crippen molar-refractivity contribution in [2.75, 3.05) is 19.6 Å². The quantitative estimate of drug-likeness (QED) is 0.108. The fraction of sp³-hybridized carbons (Fsp3) is 0.368. The molecule has 10 nitrogen and oxygen atoms in total. The van der Waals surface area contributed by atoms with Crippen LogP contribution in [0.3, 0.4) is 0 Å². The van der Waals surface area contributed by atoms with Gasteiger partial charge in [0.2, 0.25) is 11.8 Å². The van der Waals surface area contributed by atoms with Gasteiger partial charge in [-0.15, -0.1) is 0 Å². The summed E-state index contributed by atoms with van der Waals surface area (Å²) in [7, 11) is 0. The number of carbonyl (C=O) groups excluding carboxylic acids is 4. The summed E-state index contributed by atoms with van der Waals surface area (Å²) in [5.74, 6) is -1.18. The molecule has 0 aliphatic rings. The van der Waals surface area contributed by atoms with Crippen LogP contribution in [0.15, 0.2) is 79.0 Å². The van der Waals surface area contributed by atoms with E-state index in [-0.39, 0.29) is 35.6 Å². The van der Waals surface area contributed by atoms with Gasteiger partial charge >= 0.3 is 0 Å². The van der Waals surface area contributed by atoms with Crippen LogP contribution in [0, 0.1) is 12.8 Å². The molecule has 3 atom stereocenters. The van der Waals surface area contributed by atoms with E-state index >= 15 is 0 Å². The number of amides is 4. The predicted octanol–water partition coefficient (Wildman–Crippen LogP) is 4.04. The molecule has 10 heteroatoms. The molecule has 6 N–H and O–H groups in total. The van der Waals surface area contributed by atoms with E-state index in [9.17, 15) is 19.2 Å². The van der Waals surface area contributed by atoms with Crippen molar-refractivity contribution >= 4 is 34.5 Å². The summed E-state index contributed by atoms with van der Waals surface area (Å²) in [6.07, 6.45) is 3.18. The van der Waals surface area contributed by atoms with Crippen LogP contribution >= 0.6 is 0 Å². The molecule has 0 bridgehead atoms. The Labute approximate surface area is 282 Å². The fourth-order valence-electron chi connectivity index (χ4n) is 5.64. The van der Waals surface area contributed by atoms with Crippen molar-refractivity contribution < 1.29 is 19.2 Å². The first-order valence-corrected chi connectivity index (χ1v) is 16.7. The second kappa shape index (κ2) is 17.3. The highest BCUT2D eigenvalue weighted by molar-refractivity contribution is 6.00. The lowest BCUT2D eigenvalue weighted by atomic mass is 10.0. The third kappa shape index (κ3) is 9.78. The smallest absolute Gasteiger partial charge is 0.251 e. The molecule has 1 aromatic heterocycles. The molecule has 0 saturated heterocycles. The molecule has 0 saturated carbocycles. The van der Waals surface area contributed by atoms with Gasteiger partial charge in [0.05, 0.1) is 6.04 Å². The molecule has 4 aromatic rings. The normalized spacial score (nSPS) is 13.0. The molecular weight excluding hydrogens is 604 g/mol. The third-order valence-electron chi connectivity index (χ3n) is 8.40. The van der Waals surface area contributed by atoms with Crippen LogP contribution < -0.4 is 26.6 Å². The van der Waals surface area contributed by atoms with E-state index < -0.39 is 12.1 Å². The van der Waals surface area contributed by atoms with Crippen LogP contribution in [0.1, 0.15) is 65.1 Å². The molecule has 254 valence electrons. The molecule has 3 aromatic carbocycles. The summed E-state index contributed by atoms with van der Waals surface area (Å²) < 4.78 is 0. The zero-order valence-corrected chi connectivity index (χ0v) is 28.5. The van der Waals surface area contributed by atoms with Crippen LogP contribution in [0.2, 0.25) is 0 Å². The summed E-state index contributed by atoms with van der Waals surface area (Å²) in [4.78, 5) is 55.3. The van der Waals surface area contributed by atoms with Crippen LogP contribution in [0.5, 0.6) is 0 Å². The molecule has 4 rings (SSSR count). The van der Waals surface area contributed by atoms with E-state index in [1.807, 2.05) is 63.4 Å². The summed E-state index contributed by atoms with van der Waals surface area (Å²) >= 11 is 0. The van der Waals surface area contributed by atoms with Crippen LogP contribution in [-0.4, -0.2) is 66.4 Å². The van der Waals surface area contributed by atoms with Crippen molar-refractivity contribution in [3.05, 3.63) is 107 Å². The number of carbonyl (C=O) groups is 4. The monoisotopic (exact) mass is 652 g/mol. The first-order valence-electron chi connectivity index (χ1n) is 16.7. The topological polar surface area (TPSA) is 144 Å². The number of nitrogens with one attached hydrogen (secondary N) is 6. The lowest BCUT2D eigenvalue weighted by Crippen LogP contribution is -2.55. The number of hydrogen-bond acceptors (Lipinski definition) is 5. The van der Waals surface area contributed by atoms with E-state index in [1.165, 1.54) is 5.56 Å². The lowest BCUT2D eigenvalue weighted by Gasteiger charge is -2.25. The second-order valence-electron chi connectivity index (χ2n) is 12.5. The Morgan fingerprint density at radius 1 is 0.792 bits per heavy atom. The minimum absolute atomic E-state index is 0.0838. The summed E-state index contributed by atoms with van der Waals surface area (Å²) in [6.45, 7) is 10.6. The molecule has 4 amide bonds. The molecule has 0 spiro atoms. The number of hydrogen-bond donors (Lipinski definition) is 6. The first-order chi connectivity index (χ1) is 23.1. The van der Waals surface area contributed by atoms with Crippen molar-refractivity contribution in [3.63, 3.8) is 0 Å². The number of H-pyrrole nitrogens is 1. The summed E-state index contributed by atoms with van der Waals surface area (Å²) in [6, 6.07) is 21.0. The highest BCUT2D eigenvalue weighted by Gasteiger charge is 2.26. The minimum Gasteiger partial charge on any atom is -0.361 e. The zero-order valence-electron chi connectivity index (χ0n) is 28.5. The van der Waals surface area contributed by atoms with Gasteiger partial charge in [0.25, 0.3) is 11.8 Å². The molecular formula is C38H48N6O4. The Bertz CT molecular complexity index is 1700. The van der Waals surface area contributed by atoms with Crippen molar-refractivity contribution in [1.29, 1.82) is 0 Å². The van der Waals surface area contributed by atoms with Crippen molar-refractivity contribution in [1.82, 2.24) is 31.6 Å². The van der Waals surface area contributed by atoms with Gasteiger partial charge in [-0.25, -0.2) is 0 Å². The van der Waals surface area contributed by atoms with E-state index in [2.05, 4.69) is 50.6 Å². The van der Waals surface area contributed by atoms with Gasteiger partial charge in [-0.1, -0.05) is 68.4 Å². The number of para-hydroxylation sites is 1. The van der Waals surface area contributed by atoms with E-state index in [0.717, 1.165) is 22.0 Å². The van der Waals surface area contributed by atoms with Crippen LogP contribution in [-0.2, 0) is 22.4 Å². The molecule has 1 heterocycles. The number of aromatic amines is 1. The van der Waals surface area contributed by atoms with Crippen molar-refractivity contribution in [2.45, 2.75) is 65.6 Å². The predicted molar refractivity (Wildman–Crippen MR) is 190 cm³/mol. The van der Waals surface area contributed by atoms with Gasteiger partial charge in [0.1, 0.15) is 6.04 Å². The van der Waals surface area contributed by atoms with Crippen molar-refractivity contribution in [3.8, 4) is 0 Å². The second-order valence-corrected chi connectivity index (χ2v) is 12.5.